The molecule has 0 radical (unpaired) electrons. The molecular formula is C17H22N2O2. The summed E-state index contributed by atoms with van der Waals surface area (Å²) < 4.78 is 0. The van der Waals surface area contributed by atoms with Gasteiger partial charge in [-0.15, -0.1) is 6.58 Å². The summed E-state index contributed by atoms with van der Waals surface area (Å²) >= 11 is 0. The molecule has 1 aromatic rings. The highest BCUT2D eigenvalue weighted by atomic mass is 16.2. The normalized spacial score (nSPS) is 15.2. The van der Waals surface area contributed by atoms with Crippen molar-refractivity contribution in [3.05, 3.63) is 42.5 Å². The minimum Gasteiger partial charge on any atom is -0.349 e. The predicted octanol–water partition coefficient (Wildman–Crippen LogP) is 3.12. The number of benzene rings is 1. The molecule has 0 unspecified atom stereocenters. The number of carbonyl (C=O) groups is 2. The maximum atomic E-state index is 12.3. The van der Waals surface area contributed by atoms with E-state index in [9.17, 15) is 9.59 Å². The summed E-state index contributed by atoms with van der Waals surface area (Å²) in [5, 5.41) is 5.65. The SMILES string of the molecule is C=CCNC(=O)c1ccccc1NC(=O)C1CCCCC1. The highest BCUT2D eigenvalue weighted by Crippen LogP contribution is 2.25. The maximum Gasteiger partial charge on any atom is 0.253 e. The number of nitrogens with one attached hydrogen (secondary N) is 2. The van der Waals surface area contributed by atoms with Crippen molar-refractivity contribution < 1.29 is 9.59 Å². The molecule has 1 aliphatic rings. The Bertz CT molecular complexity index is 519. The molecule has 0 aromatic heterocycles. The summed E-state index contributed by atoms with van der Waals surface area (Å²) in [6.07, 6.45) is 6.94. The highest BCUT2D eigenvalue weighted by molar-refractivity contribution is 6.04. The first kappa shape index (κ1) is 15.3. The van der Waals surface area contributed by atoms with Crippen molar-refractivity contribution in [1.29, 1.82) is 0 Å². The Kier molecular flexibility index (Phi) is 5.55. The van der Waals surface area contributed by atoms with Gasteiger partial charge in [-0.1, -0.05) is 37.5 Å². The Morgan fingerprint density at radius 3 is 2.62 bits per heavy atom. The Hall–Kier alpha value is -2.10. The summed E-state index contributed by atoms with van der Waals surface area (Å²) in [4.78, 5) is 24.4. The molecule has 1 aliphatic carbocycles. The molecule has 0 atom stereocenters. The van der Waals surface area contributed by atoms with Crippen LogP contribution in [0.5, 0.6) is 0 Å². The van der Waals surface area contributed by atoms with E-state index in [0.717, 1.165) is 25.7 Å². The fraction of sp³-hybridized carbons (Fsp3) is 0.412. The quantitative estimate of drug-likeness (QED) is 0.817. The van der Waals surface area contributed by atoms with Crippen LogP contribution in [0.1, 0.15) is 42.5 Å². The zero-order valence-electron chi connectivity index (χ0n) is 12.2. The topological polar surface area (TPSA) is 58.2 Å². The molecule has 0 spiro atoms. The van der Waals surface area contributed by atoms with Gasteiger partial charge in [0.25, 0.3) is 5.91 Å². The van der Waals surface area contributed by atoms with Gasteiger partial charge in [-0.05, 0) is 25.0 Å². The van der Waals surface area contributed by atoms with Gasteiger partial charge in [0.15, 0.2) is 0 Å². The van der Waals surface area contributed by atoms with E-state index in [2.05, 4.69) is 17.2 Å². The monoisotopic (exact) mass is 286 g/mol. The third-order valence-electron chi connectivity index (χ3n) is 3.81. The number of hydrogen-bond acceptors (Lipinski definition) is 2. The van der Waals surface area contributed by atoms with Crippen LogP contribution in [-0.4, -0.2) is 18.4 Å². The van der Waals surface area contributed by atoms with Crippen LogP contribution in [0.15, 0.2) is 36.9 Å². The molecule has 1 saturated carbocycles. The molecule has 2 amide bonds. The number of hydrogen-bond donors (Lipinski definition) is 2. The zero-order chi connectivity index (χ0) is 15.1. The lowest BCUT2D eigenvalue weighted by Gasteiger charge is -2.21. The van der Waals surface area contributed by atoms with E-state index in [1.165, 1.54) is 6.42 Å². The van der Waals surface area contributed by atoms with E-state index >= 15 is 0 Å². The smallest absolute Gasteiger partial charge is 0.253 e. The van der Waals surface area contributed by atoms with Crippen LogP contribution >= 0.6 is 0 Å². The van der Waals surface area contributed by atoms with Crippen molar-refractivity contribution in [2.24, 2.45) is 5.92 Å². The first-order chi connectivity index (χ1) is 10.2. The van der Waals surface area contributed by atoms with Gasteiger partial charge in [-0.25, -0.2) is 0 Å². The second-order valence-corrected chi connectivity index (χ2v) is 5.37. The molecule has 1 aromatic carbocycles. The molecule has 0 bridgehead atoms. The largest absolute Gasteiger partial charge is 0.349 e. The van der Waals surface area contributed by atoms with Crippen molar-refractivity contribution in [3.63, 3.8) is 0 Å². The van der Waals surface area contributed by atoms with Crippen LogP contribution in [0.3, 0.4) is 0 Å². The summed E-state index contributed by atoms with van der Waals surface area (Å²) in [6, 6.07) is 7.10. The van der Waals surface area contributed by atoms with E-state index in [4.69, 9.17) is 0 Å². The Morgan fingerprint density at radius 1 is 1.19 bits per heavy atom. The summed E-state index contributed by atoms with van der Waals surface area (Å²) in [6.45, 7) is 3.98. The van der Waals surface area contributed by atoms with Crippen LogP contribution in [0.2, 0.25) is 0 Å². The molecule has 2 N–H and O–H groups in total. The van der Waals surface area contributed by atoms with Gasteiger partial charge in [0.1, 0.15) is 0 Å². The van der Waals surface area contributed by atoms with Crippen molar-refractivity contribution in [3.8, 4) is 0 Å². The van der Waals surface area contributed by atoms with E-state index in [1.54, 1.807) is 24.3 Å². The van der Waals surface area contributed by atoms with Crippen LogP contribution in [0, 0.1) is 5.92 Å². The van der Waals surface area contributed by atoms with Gasteiger partial charge in [0.2, 0.25) is 5.91 Å². The van der Waals surface area contributed by atoms with Crippen molar-refractivity contribution in [1.82, 2.24) is 5.32 Å². The van der Waals surface area contributed by atoms with Crippen LogP contribution < -0.4 is 10.6 Å². The molecule has 112 valence electrons. The van der Waals surface area contributed by atoms with Crippen LogP contribution in [0.4, 0.5) is 5.69 Å². The van der Waals surface area contributed by atoms with E-state index in [-0.39, 0.29) is 17.7 Å². The summed E-state index contributed by atoms with van der Waals surface area (Å²) in [7, 11) is 0. The van der Waals surface area contributed by atoms with Gasteiger partial charge >= 0.3 is 0 Å². The van der Waals surface area contributed by atoms with E-state index in [0.29, 0.717) is 17.8 Å². The number of rotatable bonds is 5. The third-order valence-corrected chi connectivity index (χ3v) is 3.81. The first-order valence-electron chi connectivity index (χ1n) is 7.51. The standard InChI is InChI=1S/C17H22N2O2/c1-2-12-18-17(21)14-10-6-7-11-15(14)19-16(20)13-8-4-3-5-9-13/h2,6-7,10-11,13H,1,3-5,8-9,12H2,(H,18,21)(H,19,20). The van der Waals surface area contributed by atoms with Crippen molar-refractivity contribution in [2.75, 3.05) is 11.9 Å². The van der Waals surface area contributed by atoms with Gasteiger partial charge in [-0.2, -0.15) is 0 Å². The minimum absolute atomic E-state index is 0.0265. The number of para-hydroxylation sites is 1. The summed E-state index contributed by atoms with van der Waals surface area (Å²) in [5.41, 5.74) is 1.07. The molecule has 21 heavy (non-hydrogen) atoms. The Labute approximate surface area is 125 Å². The fourth-order valence-corrected chi connectivity index (χ4v) is 2.65. The molecule has 0 saturated heterocycles. The Balaban J connectivity index is 2.06. The van der Waals surface area contributed by atoms with Crippen LogP contribution in [-0.2, 0) is 4.79 Å². The molecule has 2 rings (SSSR count). The second kappa shape index (κ2) is 7.62. The molecule has 4 heteroatoms. The number of carbonyl (C=O) groups excluding carboxylic acids is 2. The lowest BCUT2D eigenvalue weighted by atomic mass is 9.88. The maximum absolute atomic E-state index is 12.3. The van der Waals surface area contributed by atoms with Crippen molar-refractivity contribution in [2.45, 2.75) is 32.1 Å². The average Bonchev–Trinajstić information content (AvgIpc) is 2.54. The summed E-state index contributed by atoms with van der Waals surface area (Å²) in [5.74, 6) is -0.101. The first-order valence-corrected chi connectivity index (χ1v) is 7.51. The molecule has 0 aliphatic heterocycles. The fourth-order valence-electron chi connectivity index (χ4n) is 2.65. The number of amides is 2. The van der Waals surface area contributed by atoms with E-state index in [1.807, 2.05) is 6.07 Å². The van der Waals surface area contributed by atoms with Gasteiger partial charge in [0.05, 0.1) is 11.3 Å². The predicted molar refractivity (Wildman–Crippen MR) is 84.2 cm³/mol. The van der Waals surface area contributed by atoms with Gasteiger partial charge in [0, 0.05) is 12.5 Å². The number of anilines is 1. The van der Waals surface area contributed by atoms with Gasteiger partial charge in [-0.3, -0.25) is 9.59 Å². The van der Waals surface area contributed by atoms with Crippen molar-refractivity contribution >= 4 is 17.5 Å². The molecule has 4 nitrogen and oxygen atoms in total. The van der Waals surface area contributed by atoms with Gasteiger partial charge < -0.3 is 10.6 Å². The Morgan fingerprint density at radius 2 is 1.90 bits per heavy atom. The third kappa shape index (κ3) is 4.18. The van der Waals surface area contributed by atoms with Crippen LogP contribution in [0.25, 0.3) is 0 Å². The molecule has 1 fully saturated rings. The minimum atomic E-state index is -0.200. The second-order valence-electron chi connectivity index (χ2n) is 5.37. The molecular weight excluding hydrogens is 264 g/mol. The highest BCUT2D eigenvalue weighted by Gasteiger charge is 2.22. The average molecular weight is 286 g/mol. The zero-order valence-corrected chi connectivity index (χ0v) is 12.2. The van der Waals surface area contributed by atoms with E-state index < -0.39 is 0 Å². The molecule has 0 heterocycles. The lowest BCUT2D eigenvalue weighted by molar-refractivity contribution is -0.120. The lowest BCUT2D eigenvalue weighted by Crippen LogP contribution is -2.28.